The van der Waals surface area contributed by atoms with Gasteiger partial charge in [-0.1, -0.05) is 6.07 Å². The third-order valence-electron chi connectivity index (χ3n) is 4.11. The quantitative estimate of drug-likeness (QED) is 0.882. The van der Waals surface area contributed by atoms with E-state index in [0.29, 0.717) is 11.9 Å². The second kappa shape index (κ2) is 7.44. The van der Waals surface area contributed by atoms with Crippen molar-refractivity contribution in [2.75, 3.05) is 33.9 Å². The van der Waals surface area contributed by atoms with Crippen molar-refractivity contribution < 1.29 is 9.47 Å². The lowest BCUT2D eigenvalue weighted by Crippen LogP contribution is -2.49. The van der Waals surface area contributed by atoms with Crippen LogP contribution >= 0.6 is 0 Å². The van der Waals surface area contributed by atoms with Crippen LogP contribution in [0.2, 0.25) is 0 Å². The molecule has 1 fully saturated rings. The van der Waals surface area contributed by atoms with Crippen LogP contribution in [-0.2, 0) is 6.42 Å². The Bertz CT molecular complexity index is 637. The number of nitrogens with zero attached hydrogens (tertiary/aromatic N) is 1. The molecule has 0 amide bonds. The van der Waals surface area contributed by atoms with E-state index in [1.165, 1.54) is 0 Å². The first-order valence-electron chi connectivity index (χ1n) is 7.92. The summed E-state index contributed by atoms with van der Waals surface area (Å²) >= 11 is 0. The highest BCUT2D eigenvalue weighted by Crippen LogP contribution is 2.25. The average molecular weight is 313 g/mol. The van der Waals surface area contributed by atoms with E-state index in [1.807, 2.05) is 24.3 Å². The highest BCUT2D eigenvalue weighted by Gasteiger charge is 2.16. The van der Waals surface area contributed by atoms with Crippen molar-refractivity contribution >= 4 is 0 Å². The zero-order valence-electron chi connectivity index (χ0n) is 13.6. The van der Waals surface area contributed by atoms with Crippen LogP contribution in [0.3, 0.4) is 0 Å². The summed E-state index contributed by atoms with van der Waals surface area (Å²) in [5, 5.41) is 6.92. The first kappa shape index (κ1) is 15.8. The van der Waals surface area contributed by atoms with Crippen molar-refractivity contribution in [1.29, 1.82) is 0 Å². The smallest absolute Gasteiger partial charge is 0.216 e. The van der Waals surface area contributed by atoms with Crippen LogP contribution in [0.4, 0.5) is 0 Å². The fourth-order valence-corrected chi connectivity index (χ4v) is 2.85. The summed E-state index contributed by atoms with van der Waals surface area (Å²) in [6.07, 6.45) is 0.909. The van der Waals surface area contributed by atoms with Gasteiger partial charge in [0.05, 0.1) is 19.9 Å². The number of benzene rings is 1. The predicted molar refractivity (Wildman–Crippen MR) is 91.1 cm³/mol. The van der Waals surface area contributed by atoms with E-state index in [9.17, 15) is 0 Å². The molecule has 0 saturated carbocycles. The van der Waals surface area contributed by atoms with Gasteiger partial charge in [0.1, 0.15) is 5.75 Å². The molecule has 1 unspecified atom stereocenters. The van der Waals surface area contributed by atoms with Crippen LogP contribution in [0, 0.1) is 0 Å². The molecule has 1 aromatic heterocycles. The summed E-state index contributed by atoms with van der Waals surface area (Å²) in [5.74, 6) is 1.54. The second-order valence-corrected chi connectivity index (χ2v) is 5.65. The molecule has 1 aliphatic heterocycles. The number of methoxy groups -OCH3 is 2. The minimum Gasteiger partial charge on any atom is -0.497 e. The normalized spacial score (nSPS) is 17.7. The highest BCUT2D eigenvalue weighted by atomic mass is 16.5. The molecular weight excluding hydrogens is 290 g/mol. The number of hydrogen-bond donors (Lipinski definition) is 2. The molecule has 0 aliphatic carbocycles. The highest BCUT2D eigenvalue weighted by molar-refractivity contribution is 5.61. The Morgan fingerprint density at radius 1 is 1.04 bits per heavy atom. The van der Waals surface area contributed by atoms with E-state index in [4.69, 9.17) is 9.47 Å². The Hall–Kier alpha value is -2.11. The Labute approximate surface area is 137 Å². The van der Waals surface area contributed by atoms with Crippen LogP contribution in [0.15, 0.2) is 36.4 Å². The van der Waals surface area contributed by atoms with Gasteiger partial charge in [-0.15, -0.1) is 0 Å². The molecule has 3 rings (SSSR count). The predicted octanol–water partition coefficient (Wildman–Crippen LogP) is 1.87. The molecule has 2 aromatic rings. The second-order valence-electron chi connectivity index (χ2n) is 5.65. The Balaban J connectivity index is 1.80. The lowest BCUT2D eigenvalue weighted by molar-refractivity contribution is 0.379. The van der Waals surface area contributed by atoms with Gasteiger partial charge in [-0.05, 0) is 36.8 Å². The van der Waals surface area contributed by atoms with Crippen LogP contribution in [0.5, 0.6) is 11.6 Å². The molecule has 0 bridgehead atoms. The standard InChI is InChI=1S/C18H23N3O2/c1-22-16-6-3-13(4-7-16)17-8-5-14(18(21-17)23-2)11-15-12-19-9-10-20-15/h3-8,15,19-20H,9-12H2,1-2H3. The number of pyridine rings is 1. The van der Waals surface area contributed by atoms with Gasteiger partial charge in [-0.2, -0.15) is 0 Å². The summed E-state index contributed by atoms with van der Waals surface area (Å²) in [6.45, 7) is 3.01. The maximum atomic E-state index is 5.51. The van der Waals surface area contributed by atoms with Crippen molar-refractivity contribution in [2.45, 2.75) is 12.5 Å². The van der Waals surface area contributed by atoms with Crippen LogP contribution in [0.25, 0.3) is 11.3 Å². The number of aromatic nitrogens is 1. The third kappa shape index (κ3) is 3.81. The minimum atomic E-state index is 0.422. The number of hydrogen-bond acceptors (Lipinski definition) is 5. The van der Waals surface area contributed by atoms with Gasteiger partial charge in [-0.25, -0.2) is 4.98 Å². The summed E-state index contributed by atoms with van der Waals surface area (Å²) in [5.41, 5.74) is 3.09. The molecule has 0 radical (unpaired) electrons. The summed E-state index contributed by atoms with van der Waals surface area (Å²) < 4.78 is 10.7. The molecule has 1 aromatic carbocycles. The molecular formula is C18H23N3O2. The van der Waals surface area contributed by atoms with Crippen LogP contribution < -0.4 is 20.1 Å². The maximum Gasteiger partial charge on any atom is 0.216 e. The van der Waals surface area contributed by atoms with Gasteiger partial charge in [0, 0.05) is 36.8 Å². The molecule has 23 heavy (non-hydrogen) atoms. The van der Waals surface area contributed by atoms with E-state index >= 15 is 0 Å². The van der Waals surface area contributed by atoms with Crippen LogP contribution in [0.1, 0.15) is 5.56 Å². The van der Waals surface area contributed by atoms with E-state index in [0.717, 1.165) is 48.6 Å². The van der Waals surface area contributed by atoms with Gasteiger partial charge >= 0.3 is 0 Å². The first-order valence-corrected chi connectivity index (χ1v) is 7.92. The van der Waals surface area contributed by atoms with Crippen molar-refractivity contribution in [3.05, 3.63) is 42.0 Å². The fraction of sp³-hybridized carbons (Fsp3) is 0.389. The summed E-state index contributed by atoms with van der Waals surface area (Å²) in [6, 6.07) is 12.5. The Morgan fingerprint density at radius 3 is 2.52 bits per heavy atom. The third-order valence-corrected chi connectivity index (χ3v) is 4.11. The topological polar surface area (TPSA) is 55.4 Å². The number of ether oxygens (including phenoxy) is 2. The van der Waals surface area contributed by atoms with Crippen molar-refractivity contribution in [1.82, 2.24) is 15.6 Å². The van der Waals surface area contributed by atoms with Crippen molar-refractivity contribution in [3.8, 4) is 22.9 Å². The summed E-state index contributed by atoms with van der Waals surface area (Å²) in [7, 11) is 3.34. The van der Waals surface area contributed by atoms with Crippen molar-refractivity contribution in [3.63, 3.8) is 0 Å². The molecule has 0 spiro atoms. The molecule has 2 N–H and O–H groups in total. The lowest BCUT2D eigenvalue weighted by atomic mass is 10.0. The van der Waals surface area contributed by atoms with E-state index in [1.54, 1.807) is 14.2 Å². The molecule has 5 nitrogen and oxygen atoms in total. The first-order chi connectivity index (χ1) is 11.3. The summed E-state index contributed by atoms with van der Waals surface area (Å²) in [4.78, 5) is 4.67. The van der Waals surface area contributed by atoms with E-state index < -0.39 is 0 Å². The van der Waals surface area contributed by atoms with Gasteiger partial charge in [0.25, 0.3) is 0 Å². The van der Waals surface area contributed by atoms with Gasteiger partial charge in [0.15, 0.2) is 0 Å². The zero-order valence-corrected chi connectivity index (χ0v) is 13.6. The molecule has 2 heterocycles. The average Bonchev–Trinajstić information content (AvgIpc) is 2.63. The number of rotatable bonds is 5. The monoisotopic (exact) mass is 313 g/mol. The molecule has 1 atom stereocenters. The molecule has 122 valence electrons. The molecule has 1 saturated heterocycles. The van der Waals surface area contributed by atoms with Crippen molar-refractivity contribution in [2.24, 2.45) is 0 Å². The SMILES string of the molecule is COc1ccc(-c2ccc(CC3CNCCN3)c(OC)n2)cc1. The fourth-order valence-electron chi connectivity index (χ4n) is 2.85. The largest absolute Gasteiger partial charge is 0.497 e. The van der Waals surface area contributed by atoms with Gasteiger partial charge < -0.3 is 20.1 Å². The van der Waals surface area contributed by atoms with Gasteiger partial charge in [-0.3, -0.25) is 0 Å². The Morgan fingerprint density at radius 2 is 1.87 bits per heavy atom. The van der Waals surface area contributed by atoms with E-state index in [2.05, 4.69) is 27.8 Å². The number of piperazine rings is 1. The Kier molecular flexibility index (Phi) is 5.10. The number of nitrogens with one attached hydrogen (secondary N) is 2. The molecule has 5 heteroatoms. The van der Waals surface area contributed by atoms with E-state index in [-0.39, 0.29) is 0 Å². The lowest BCUT2D eigenvalue weighted by Gasteiger charge is -2.25. The van der Waals surface area contributed by atoms with Gasteiger partial charge in [0.2, 0.25) is 5.88 Å². The van der Waals surface area contributed by atoms with Crippen LogP contribution in [-0.4, -0.2) is 44.9 Å². The zero-order chi connectivity index (χ0) is 16.1. The maximum absolute atomic E-state index is 5.51. The minimum absolute atomic E-state index is 0.422. The molecule has 1 aliphatic rings.